The molecular formula is C19H16ClF3N2OS. The first-order chi connectivity index (χ1) is 12.8. The molecule has 3 aromatic rings. The number of thiazole rings is 1. The highest BCUT2D eigenvalue weighted by Crippen LogP contribution is 2.36. The second-order valence-electron chi connectivity index (χ2n) is 5.87. The summed E-state index contributed by atoms with van der Waals surface area (Å²) in [4.78, 5) is 8.92. The van der Waals surface area contributed by atoms with Gasteiger partial charge in [0.2, 0.25) is 0 Å². The molecule has 1 unspecified atom stereocenters. The Hall–Kier alpha value is -2.12. The second kappa shape index (κ2) is 7.86. The van der Waals surface area contributed by atoms with E-state index < -0.39 is 11.9 Å². The molecule has 142 valence electrons. The van der Waals surface area contributed by atoms with Crippen LogP contribution in [0.1, 0.15) is 35.7 Å². The fourth-order valence-corrected chi connectivity index (χ4v) is 3.89. The van der Waals surface area contributed by atoms with Gasteiger partial charge in [-0.25, -0.2) is 4.98 Å². The second-order valence-corrected chi connectivity index (χ2v) is 7.34. The molecule has 0 fully saturated rings. The normalized spacial score (nSPS) is 12.8. The Morgan fingerprint density at radius 2 is 2.00 bits per heavy atom. The largest absolute Gasteiger partial charge is 0.485 e. The first kappa shape index (κ1) is 19.6. The number of hydrogen-bond donors (Lipinski definition) is 0. The first-order valence-electron chi connectivity index (χ1n) is 8.21. The number of hydrogen-bond acceptors (Lipinski definition) is 4. The molecule has 0 radical (unpaired) electrons. The van der Waals surface area contributed by atoms with Gasteiger partial charge in [-0.15, -0.1) is 11.3 Å². The Labute approximate surface area is 163 Å². The van der Waals surface area contributed by atoms with E-state index in [9.17, 15) is 13.2 Å². The molecule has 0 saturated heterocycles. The SMILES string of the molecule is CCC(Oc1cccc(Cl)c1)c1sc(-c2ccc(C(F)(F)F)nc2)nc1C. The van der Waals surface area contributed by atoms with Crippen molar-refractivity contribution in [3.63, 3.8) is 0 Å². The molecule has 1 aromatic carbocycles. The first-order valence-corrected chi connectivity index (χ1v) is 9.40. The quantitative estimate of drug-likeness (QED) is 0.466. The van der Waals surface area contributed by atoms with Crippen LogP contribution in [0.2, 0.25) is 5.02 Å². The van der Waals surface area contributed by atoms with Crippen molar-refractivity contribution in [3.05, 3.63) is 63.9 Å². The molecule has 0 bridgehead atoms. The number of rotatable bonds is 5. The summed E-state index contributed by atoms with van der Waals surface area (Å²) in [5, 5.41) is 1.19. The summed E-state index contributed by atoms with van der Waals surface area (Å²) >= 11 is 7.39. The summed E-state index contributed by atoms with van der Waals surface area (Å²) in [5.74, 6) is 0.653. The van der Waals surface area contributed by atoms with E-state index in [1.165, 1.54) is 23.6 Å². The molecule has 0 spiro atoms. The molecular weight excluding hydrogens is 397 g/mol. The zero-order valence-corrected chi connectivity index (χ0v) is 16.1. The lowest BCUT2D eigenvalue weighted by atomic mass is 10.2. The molecule has 0 amide bonds. The maximum Gasteiger partial charge on any atom is 0.433 e. The minimum absolute atomic E-state index is 0.225. The molecule has 0 saturated carbocycles. The average Bonchev–Trinajstić information content (AvgIpc) is 3.01. The Bertz CT molecular complexity index is 925. The van der Waals surface area contributed by atoms with Crippen molar-refractivity contribution in [3.8, 4) is 16.3 Å². The molecule has 0 aliphatic heterocycles. The summed E-state index contributed by atoms with van der Waals surface area (Å²) in [6.45, 7) is 3.85. The maximum absolute atomic E-state index is 12.7. The van der Waals surface area contributed by atoms with Crippen molar-refractivity contribution < 1.29 is 17.9 Å². The van der Waals surface area contributed by atoms with E-state index >= 15 is 0 Å². The summed E-state index contributed by atoms with van der Waals surface area (Å²) in [7, 11) is 0. The van der Waals surface area contributed by atoms with Crippen LogP contribution in [0.5, 0.6) is 5.75 Å². The van der Waals surface area contributed by atoms with Crippen molar-refractivity contribution >= 4 is 22.9 Å². The van der Waals surface area contributed by atoms with Crippen LogP contribution < -0.4 is 4.74 Å². The van der Waals surface area contributed by atoms with Crippen LogP contribution in [0.25, 0.3) is 10.6 Å². The van der Waals surface area contributed by atoms with Gasteiger partial charge < -0.3 is 4.74 Å². The van der Waals surface area contributed by atoms with E-state index in [-0.39, 0.29) is 6.10 Å². The predicted octanol–water partition coefficient (Wildman–Crippen LogP) is 6.72. The van der Waals surface area contributed by atoms with Gasteiger partial charge in [0, 0.05) is 16.8 Å². The molecule has 2 aromatic heterocycles. The van der Waals surface area contributed by atoms with E-state index in [0.717, 1.165) is 16.6 Å². The van der Waals surface area contributed by atoms with Crippen molar-refractivity contribution in [2.24, 2.45) is 0 Å². The van der Waals surface area contributed by atoms with Crippen molar-refractivity contribution in [1.29, 1.82) is 0 Å². The van der Waals surface area contributed by atoms with Gasteiger partial charge in [-0.1, -0.05) is 24.6 Å². The molecule has 3 rings (SSSR count). The van der Waals surface area contributed by atoms with Crippen LogP contribution in [-0.2, 0) is 6.18 Å². The van der Waals surface area contributed by atoms with Crippen molar-refractivity contribution in [1.82, 2.24) is 9.97 Å². The number of aryl methyl sites for hydroxylation is 1. The van der Waals surface area contributed by atoms with Crippen LogP contribution in [-0.4, -0.2) is 9.97 Å². The van der Waals surface area contributed by atoms with Gasteiger partial charge in [0.25, 0.3) is 0 Å². The Morgan fingerprint density at radius 3 is 2.59 bits per heavy atom. The van der Waals surface area contributed by atoms with Gasteiger partial charge in [0.05, 0.1) is 10.6 Å². The van der Waals surface area contributed by atoms with E-state index in [1.54, 1.807) is 12.1 Å². The van der Waals surface area contributed by atoms with Gasteiger partial charge >= 0.3 is 6.18 Å². The van der Waals surface area contributed by atoms with Gasteiger partial charge in [-0.3, -0.25) is 4.98 Å². The highest BCUT2D eigenvalue weighted by molar-refractivity contribution is 7.15. The molecule has 8 heteroatoms. The minimum Gasteiger partial charge on any atom is -0.485 e. The third-order valence-corrected chi connectivity index (χ3v) is 5.40. The summed E-state index contributed by atoms with van der Waals surface area (Å²) in [6, 6.07) is 9.49. The smallest absolute Gasteiger partial charge is 0.433 e. The third kappa shape index (κ3) is 4.59. The Morgan fingerprint density at radius 1 is 1.22 bits per heavy atom. The zero-order valence-electron chi connectivity index (χ0n) is 14.5. The zero-order chi connectivity index (χ0) is 19.6. The molecule has 27 heavy (non-hydrogen) atoms. The Balaban J connectivity index is 1.86. The fraction of sp³-hybridized carbons (Fsp3) is 0.263. The number of ether oxygens (including phenoxy) is 1. The van der Waals surface area contributed by atoms with E-state index in [0.29, 0.717) is 27.8 Å². The lowest BCUT2D eigenvalue weighted by molar-refractivity contribution is -0.141. The minimum atomic E-state index is -4.46. The van der Waals surface area contributed by atoms with Crippen LogP contribution >= 0.6 is 22.9 Å². The van der Waals surface area contributed by atoms with Crippen LogP contribution in [0.15, 0.2) is 42.6 Å². The standard InChI is InChI=1S/C19H16ClF3N2OS/c1-3-15(26-14-6-4-5-13(20)9-14)17-11(2)25-18(27-17)12-7-8-16(24-10-12)19(21,22)23/h4-10,15H,3H2,1-2H3. The van der Waals surface area contributed by atoms with Crippen molar-refractivity contribution in [2.45, 2.75) is 32.5 Å². The predicted molar refractivity (Wildman–Crippen MR) is 100 cm³/mol. The number of halogens is 4. The average molecular weight is 413 g/mol. The third-order valence-electron chi connectivity index (χ3n) is 3.87. The van der Waals surface area contributed by atoms with Gasteiger partial charge in [0.15, 0.2) is 0 Å². The molecule has 0 aliphatic carbocycles. The number of pyridine rings is 1. The number of nitrogens with zero attached hydrogens (tertiary/aromatic N) is 2. The van der Waals surface area contributed by atoms with E-state index in [2.05, 4.69) is 9.97 Å². The molecule has 0 N–H and O–H groups in total. The number of benzene rings is 1. The summed E-state index contributed by atoms with van der Waals surface area (Å²) in [5.41, 5.74) is 0.402. The van der Waals surface area contributed by atoms with Gasteiger partial charge in [-0.05, 0) is 43.7 Å². The van der Waals surface area contributed by atoms with Crippen LogP contribution in [0.4, 0.5) is 13.2 Å². The monoisotopic (exact) mass is 412 g/mol. The molecule has 0 aliphatic rings. The van der Waals surface area contributed by atoms with Gasteiger partial charge in [0.1, 0.15) is 22.6 Å². The topological polar surface area (TPSA) is 35.0 Å². The Kier molecular flexibility index (Phi) is 5.72. The van der Waals surface area contributed by atoms with Gasteiger partial charge in [-0.2, -0.15) is 13.2 Å². The fourth-order valence-electron chi connectivity index (χ4n) is 2.55. The maximum atomic E-state index is 12.7. The molecule has 1 atom stereocenters. The number of aromatic nitrogens is 2. The lowest BCUT2D eigenvalue weighted by Crippen LogP contribution is -2.07. The molecule has 3 nitrogen and oxygen atoms in total. The molecule has 2 heterocycles. The van der Waals surface area contributed by atoms with E-state index in [1.807, 2.05) is 26.0 Å². The van der Waals surface area contributed by atoms with Crippen molar-refractivity contribution in [2.75, 3.05) is 0 Å². The summed E-state index contributed by atoms with van der Waals surface area (Å²) in [6.07, 6.45) is -2.78. The summed E-state index contributed by atoms with van der Waals surface area (Å²) < 4.78 is 44.1. The van der Waals surface area contributed by atoms with E-state index in [4.69, 9.17) is 16.3 Å². The van der Waals surface area contributed by atoms with Crippen LogP contribution in [0, 0.1) is 6.92 Å². The lowest BCUT2D eigenvalue weighted by Gasteiger charge is -2.16. The highest BCUT2D eigenvalue weighted by Gasteiger charge is 2.32. The number of alkyl halides is 3. The highest BCUT2D eigenvalue weighted by atomic mass is 35.5. The van der Waals surface area contributed by atoms with Crippen LogP contribution in [0.3, 0.4) is 0 Å².